The fourth-order valence-electron chi connectivity index (χ4n) is 4.05. The lowest BCUT2D eigenvalue weighted by molar-refractivity contribution is 0.151. The number of benzene rings is 1. The van der Waals surface area contributed by atoms with Crippen LogP contribution in [0.5, 0.6) is 0 Å². The molecule has 39 heavy (non-hydrogen) atoms. The lowest BCUT2D eigenvalue weighted by Crippen LogP contribution is -2.37. The fourth-order valence-corrected chi connectivity index (χ4v) is 4.33. The minimum atomic E-state index is -2.75. The number of rotatable bonds is 7. The Morgan fingerprint density at radius 2 is 2.03 bits per heavy atom. The minimum Gasteiger partial charge on any atom is -0.453 e. The predicted octanol–water partition coefficient (Wildman–Crippen LogP) is 4.08. The van der Waals surface area contributed by atoms with Crippen LogP contribution in [0.25, 0.3) is 5.65 Å². The van der Waals surface area contributed by atoms with E-state index in [1.807, 2.05) is 11.0 Å². The number of imidazole rings is 1. The van der Waals surface area contributed by atoms with Crippen molar-refractivity contribution in [3.05, 3.63) is 34.6 Å². The van der Waals surface area contributed by atoms with Crippen molar-refractivity contribution in [1.29, 1.82) is 5.26 Å². The molecule has 1 saturated carbocycles. The highest BCUT2D eigenvalue weighted by Crippen LogP contribution is 2.40. The molecule has 0 bridgehead atoms. The van der Waals surface area contributed by atoms with Crippen molar-refractivity contribution in [2.45, 2.75) is 45.2 Å². The van der Waals surface area contributed by atoms with Crippen LogP contribution in [0.1, 0.15) is 44.4 Å². The molecule has 3 heterocycles. The lowest BCUT2D eigenvalue weighted by Gasteiger charge is -2.23. The number of ether oxygens (including phenoxy) is 1. The molecule has 210 valence electrons. The highest BCUT2D eigenvalue weighted by molar-refractivity contribution is 6.36. The van der Waals surface area contributed by atoms with Gasteiger partial charge < -0.3 is 30.7 Å². The number of hydrogen-bond donors (Lipinski definition) is 4. The molecular formula is C24H30ClF2N9O3. The number of aromatic nitrogens is 4. The molecule has 1 aromatic carbocycles. The van der Waals surface area contributed by atoms with Gasteiger partial charge in [0.15, 0.2) is 17.2 Å². The fraction of sp³-hybridized carbons (Fsp3) is 0.458. The Hall–Kier alpha value is -3.96. The van der Waals surface area contributed by atoms with Gasteiger partial charge in [-0.25, -0.2) is 18.6 Å². The third-order valence-electron chi connectivity index (χ3n) is 6.01. The molecule has 3 aromatic rings. The van der Waals surface area contributed by atoms with E-state index in [1.54, 1.807) is 0 Å². The Balaban J connectivity index is 0.00000137. The van der Waals surface area contributed by atoms with Gasteiger partial charge in [0, 0.05) is 31.8 Å². The van der Waals surface area contributed by atoms with Gasteiger partial charge in [0.05, 0.1) is 35.7 Å². The number of alkyl carbamates (subject to hydrolysis) is 1. The van der Waals surface area contributed by atoms with Gasteiger partial charge in [0.1, 0.15) is 6.07 Å². The third-order valence-corrected chi connectivity index (χ3v) is 6.40. The molecule has 2 fully saturated rings. The van der Waals surface area contributed by atoms with Gasteiger partial charge in [-0.2, -0.15) is 14.8 Å². The summed E-state index contributed by atoms with van der Waals surface area (Å²) in [5.74, 6) is 0.486. The van der Waals surface area contributed by atoms with Crippen molar-refractivity contribution < 1.29 is 23.4 Å². The number of carbonyl (C=O) groups is 1. The molecule has 0 radical (unpaired) electrons. The number of nitrogens with one attached hydrogen (secondary N) is 3. The van der Waals surface area contributed by atoms with Crippen LogP contribution >= 0.6 is 11.6 Å². The van der Waals surface area contributed by atoms with E-state index in [-0.39, 0.29) is 47.4 Å². The maximum atomic E-state index is 13.8. The maximum Gasteiger partial charge on any atom is 0.407 e. The summed E-state index contributed by atoms with van der Waals surface area (Å²) in [6.07, 6.45) is 0.649. The number of nitriles is 1. The van der Waals surface area contributed by atoms with Crippen molar-refractivity contribution in [1.82, 2.24) is 24.9 Å². The van der Waals surface area contributed by atoms with E-state index in [9.17, 15) is 18.8 Å². The Labute approximate surface area is 228 Å². The number of fused-ring (bicyclic) bond motifs is 1. The normalized spacial score (nSPS) is 16.2. The van der Waals surface area contributed by atoms with E-state index in [2.05, 4.69) is 35.8 Å². The van der Waals surface area contributed by atoms with Gasteiger partial charge in [0.25, 0.3) is 6.43 Å². The molecule has 1 aliphatic heterocycles. The number of hydrogen-bond acceptors (Lipinski definition) is 10. The summed E-state index contributed by atoms with van der Waals surface area (Å²) >= 11 is 6.68. The Kier molecular flexibility index (Phi) is 9.66. The smallest absolute Gasteiger partial charge is 0.407 e. The van der Waals surface area contributed by atoms with Crippen molar-refractivity contribution in [2.75, 3.05) is 42.8 Å². The number of nitrogens with zero attached hydrogens (tertiary/aromatic N) is 6. The highest BCUT2D eigenvalue weighted by atomic mass is 35.5. The Morgan fingerprint density at radius 1 is 1.28 bits per heavy atom. The first-order valence-corrected chi connectivity index (χ1v) is 12.1. The first-order valence-electron chi connectivity index (χ1n) is 11.7. The molecule has 1 saturated heterocycles. The first kappa shape index (κ1) is 29.6. The second kappa shape index (κ2) is 12.7. The quantitative estimate of drug-likeness (QED) is 0.329. The number of amides is 1. The summed E-state index contributed by atoms with van der Waals surface area (Å²) < 4.78 is 33.6. The van der Waals surface area contributed by atoms with Gasteiger partial charge in [-0.1, -0.05) is 19.0 Å². The molecule has 1 atom stereocenters. The van der Waals surface area contributed by atoms with Crippen molar-refractivity contribution in [2.24, 2.45) is 0 Å². The van der Waals surface area contributed by atoms with Crippen molar-refractivity contribution in [3.63, 3.8) is 0 Å². The summed E-state index contributed by atoms with van der Waals surface area (Å²) in [6, 6.07) is 4.64. The van der Waals surface area contributed by atoms with E-state index in [0.717, 1.165) is 20.0 Å². The number of aliphatic hydroxyl groups excluding tert-OH is 1. The van der Waals surface area contributed by atoms with Gasteiger partial charge in [-0.05, 0) is 31.4 Å². The van der Waals surface area contributed by atoms with E-state index in [4.69, 9.17) is 16.7 Å². The zero-order valence-electron chi connectivity index (χ0n) is 20.6. The number of alkyl halides is 2. The van der Waals surface area contributed by atoms with Gasteiger partial charge in [-0.3, -0.25) is 0 Å². The lowest BCUT2D eigenvalue weighted by atomic mass is 10.1. The number of aliphatic hydroxyl groups is 1. The van der Waals surface area contributed by atoms with Crippen molar-refractivity contribution >= 4 is 46.5 Å². The molecule has 1 amide bonds. The second-order valence-electron chi connectivity index (χ2n) is 8.59. The highest BCUT2D eigenvalue weighted by Gasteiger charge is 2.28. The standard InChI is InChI=1S/C22H22ClF2N9O2.CH4O.CH4/c1-36-22(35)29-13-4-5-33(10-13)16-7-11(18(24)25)6-15(17(16)23)30-21-31-19(28-12-2-3-12)20-27-9-14(8-26)34(20)32-21;1-2;/h6-7,9,12-13,18H,2-5,10H2,1H3,(H,29,35)(H2,28,30,31,32);2H,1H3;1H4/t13-;;/m1../s1. The third kappa shape index (κ3) is 6.55. The summed E-state index contributed by atoms with van der Waals surface area (Å²) in [7, 11) is 2.28. The monoisotopic (exact) mass is 565 g/mol. The SMILES string of the molecule is C.CO.COC(=O)N[C@@H]1CCN(c2cc(C(F)F)cc(Nc3nc(NC4CC4)c4ncc(C#N)n4n3)c2Cl)C1. The van der Waals surface area contributed by atoms with E-state index in [0.29, 0.717) is 36.7 Å². The minimum absolute atomic E-state index is 0. The Morgan fingerprint density at radius 3 is 2.67 bits per heavy atom. The molecule has 12 nitrogen and oxygen atoms in total. The number of carbonyl (C=O) groups excluding carboxylic acids is 1. The molecule has 0 spiro atoms. The largest absolute Gasteiger partial charge is 0.453 e. The average Bonchev–Trinajstić information content (AvgIpc) is 3.44. The van der Waals surface area contributed by atoms with E-state index < -0.39 is 12.5 Å². The topological polar surface area (TPSA) is 153 Å². The number of anilines is 4. The van der Waals surface area contributed by atoms with Crippen LogP contribution in [0.4, 0.5) is 36.7 Å². The van der Waals surface area contributed by atoms with Crippen LogP contribution in [0.3, 0.4) is 0 Å². The predicted molar refractivity (Wildman–Crippen MR) is 143 cm³/mol. The Bertz CT molecular complexity index is 1360. The van der Waals surface area contributed by atoms with Gasteiger partial charge in [0.2, 0.25) is 5.95 Å². The number of halogens is 3. The molecule has 0 unspecified atom stereocenters. The van der Waals surface area contributed by atoms with E-state index in [1.165, 1.54) is 30.0 Å². The molecule has 5 rings (SSSR count). The zero-order valence-corrected chi connectivity index (χ0v) is 21.3. The zero-order chi connectivity index (χ0) is 27.4. The summed E-state index contributed by atoms with van der Waals surface area (Å²) in [6.45, 7) is 0.873. The van der Waals surface area contributed by atoms with Crippen LogP contribution < -0.4 is 20.9 Å². The van der Waals surface area contributed by atoms with E-state index >= 15 is 0 Å². The van der Waals surface area contributed by atoms with Crippen LogP contribution in [-0.2, 0) is 4.74 Å². The molecule has 15 heteroatoms. The second-order valence-corrected chi connectivity index (χ2v) is 8.97. The summed E-state index contributed by atoms with van der Waals surface area (Å²) in [5, 5.41) is 29.9. The van der Waals surface area contributed by atoms with Gasteiger partial charge >= 0.3 is 6.09 Å². The molecule has 4 N–H and O–H groups in total. The molecule has 2 aromatic heterocycles. The molecular weight excluding hydrogens is 536 g/mol. The van der Waals surface area contributed by atoms with Gasteiger partial charge in [-0.15, -0.1) is 5.10 Å². The van der Waals surface area contributed by atoms with Crippen LogP contribution in [-0.4, -0.2) is 70.2 Å². The molecule has 1 aliphatic carbocycles. The van der Waals surface area contributed by atoms with Crippen LogP contribution in [0.2, 0.25) is 5.02 Å². The first-order chi connectivity index (χ1) is 18.4. The summed E-state index contributed by atoms with van der Waals surface area (Å²) in [4.78, 5) is 22.1. The summed E-state index contributed by atoms with van der Waals surface area (Å²) in [5.41, 5.74) is 0.925. The number of methoxy groups -OCH3 is 1. The average molecular weight is 566 g/mol. The maximum absolute atomic E-state index is 13.8. The van der Waals surface area contributed by atoms with Crippen molar-refractivity contribution in [3.8, 4) is 6.07 Å². The van der Waals surface area contributed by atoms with Crippen LogP contribution in [0, 0.1) is 11.3 Å². The van der Waals surface area contributed by atoms with Crippen LogP contribution in [0.15, 0.2) is 18.3 Å². The molecule has 2 aliphatic rings.